The molecule has 1 fully saturated rings. The Labute approximate surface area is 181 Å². The number of carbonyl (C=O) groups is 1. The molecule has 0 saturated heterocycles. The minimum Gasteiger partial charge on any atom is -0.491 e. The van der Waals surface area contributed by atoms with Crippen LogP contribution in [0.15, 0.2) is 39.6 Å². The number of allylic oxidation sites excluding steroid dienone is 2. The van der Waals surface area contributed by atoms with Gasteiger partial charge in [0.05, 0.1) is 0 Å². The van der Waals surface area contributed by atoms with Gasteiger partial charge in [-0.05, 0) is 68.9 Å². The monoisotopic (exact) mass is 456 g/mol. The number of hydrogen-bond acceptors (Lipinski definition) is 3. The van der Waals surface area contributed by atoms with E-state index < -0.39 is 0 Å². The normalized spacial score (nSPS) is 34.0. The predicted octanol–water partition coefficient (Wildman–Crippen LogP) is 6.46. The summed E-state index contributed by atoms with van der Waals surface area (Å²) >= 11 is 3.59. The zero-order valence-corrected chi connectivity index (χ0v) is 19.5. The molecular formula is C25H29BrO3. The minimum absolute atomic E-state index is 0.0499. The first-order valence-corrected chi connectivity index (χ1v) is 11.4. The Kier molecular flexibility index (Phi) is 4.01. The number of carbonyl (C=O) groups excluding carboxylic acids is 1. The summed E-state index contributed by atoms with van der Waals surface area (Å²) in [5, 5.41) is 0. The molecule has 0 radical (unpaired) electrons. The number of ether oxygens (including phenoxy) is 2. The van der Waals surface area contributed by atoms with Gasteiger partial charge in [0.15, 0.2) is 5.78 Å². The summed E-state index contributed by atoms with van der Waals surface area (Å²) in [6.07, 6.45) is 5.63. The Morgan fingerprint density at radius 2 is 1.83 bits per heavy atom. The van der Waals surface area contributed by atoms with E-state index in [0.717, 1.165) is 46.4 Å². The van der Waals surface area contributed by atoms with Crippen molar-refractivity contribution in [1.29, 1.82) is 0 Å². The molecule has 0 amide bonds. The molecule has 2 aliphatic heterocycles. The summed E-state index contributed by atoms with van der Waals surface area (Å²) in [5.74, 6) is 2.45. The largest absolute Gasteiger partial charge is 0.491 e. The maximum Gasteiger partial charge on any atom is 0.163 e. The van der Waals surface area contributed by atoms with Crippen LogP contribution < -0.4 is 4.74 Å². The molecule has 0 aromatic heterocycles. The summed E-state index contributed by atoms with van der Waals surface area (Å²) in [6, 6.07) is 6.17. The quantitative estimate of drug-likeness (QED) is 0.449. The van der Waals surface area contributed by atoms with Gasteiger partial charge in [-0.1, -0.05) is 29.8 Å². The van der Waals surface area contributed by atoms with Crippen molar-refractivity contribution in [2.45, 2.75) is 71.5 Å². The zero-order chi connectivity index (χ0) is 20.8. The molecule has 2 aliphatic carbocycles. The van der Waals surface area contributed by atoms with Crippen molar-refractivity contribution in [1.82, 2.24) is 0 Å². The molecule has 3 atom stereocenters. The molecule has 29 heavy (non-hydrogen) atoms. The van der Waals surface area contributed by atoms with Crippen LogP contribution in [-0.4, -0.2) is 17.0 Å². The molecule has 1 aromatic carbocycles. The van der Waals surface area contributed by atoms with Gasteiger partial charge >= 0.3 is 0 Å². The van der Waals surface area contributed by atoms with Crippen molar-refractivity contribution in [3.8, 4) is 5.75 Å². The van der Waals surface area contributed by atoms with Crippen molar-refractivity contribution in [2.75, 3.05) is 0 Å². The highest BCUT2D eigenvalue weighted by Gasteiger charge is 2.57. The van der Waals surface area contributed by atoms with Crippen molar-refractivity contribution >= 4 is 27.8 Å². The molecule has 1 aromatic rings. The number of fused-ring (bicyclic) bond motifs is 5. The number of hydrogen-bond donors (Lipinski definition) is 0. The number of ketones is 1. The lowest BCUT2D eigenvalue weighted by molar-refractivity contribution is -0.127. The number of benzene rings is 1. The van der Waals surface area contributed by atoms with Crippen LogP contribution in [0.4, 0.5) is 0 Å². The van der Waals surface area contributed by atoms with E-state index in [1.807, 2.05) is 12.1 Å². The van der Waals surface area contributed by atoms with Crippen LogP contribution in [0.25, 0.3) is 6.08 Å². The van der Waals surface area contributed by atoms with E-state index in [1.165, 1.54) is 5.57 Å². The smallest absolute Gasteiger partial charge is 0.163 e. The third-order valence-corrected chi connectivity index (χ3v) is 7.86. The van der Waals surface area contributed by atoms with Gasteiger partial charge in [-0.2, -0.15) is 0 Å². The molecule has 154 valence electrons. The predicted molar refractivity (Wildman–Crippen MR) is 118 cm³/mol. The van der Waals surface area contributed by atoms with Crippen LogP contribution in [0.1, 0.15) is 65.9 Å². The van der Waals surface area contributed by atoms with E-state index in [0.29, 0.717) is 6.42 Å². The molecule has 0 unspecified atom stereocenters. The topological polar surface area (TPSA) is 35.5 Å². The van der Waals surface area contributed by atoms with Crippen LogP contribution in [0.2, 0.25) is 0 Å². The van der Waals surface area contributed by atoms with E-state index in [-0.39, 0.29) is 34.2 Å². The molecule has 4 aliphatic rings. The van der Waals surface area contributed by atoms with E-state index in [1.54, 1.807) is 0 Å². The van der Waals surface area contributed by atoms with E-state index in [9.17, 15) is 4.79 Å². The molecule has 3 nitrogen and oxygen atoms in total. The molecule has 4 heteroatoms. The molecule has 0 bridgehead atoms. The summed E-state index contributed by atoms with van der Waals surface area (Å²) < 4.78 is 14.2. The van der Waals surface area contributed by atoms with E-state index in [4.69, 9.17) is 9.47 Å². The lowest BCUT2D eigenvalue weighted by Gasteiger charge is -2.55. The van der Waals surface area contributed by atoms with Crippen molar-refractivity contribution < 1.29 is 14.3 Å². The fourth-order valence-electron chi connectivity index (χ4n) is 5.99. The highest BCUT2D eigenvalue weighted by atomic mass is 79.9. The summed E-state index contributed by atoms with van der Waals surface area (Å²) in [7, 11) is 0. The Hall–Kier alpha value is -1.55. The van der Waals surface area contributed by atoms with Gasteiger partial charge in [0.1, 0.15) is 22.7 Å². The van der Waals surface area contributed by atoms with Gasteiger partial charge in [0, 0.05) is 40.3 Å². The van der Waals surface area contributed by atoms with Crippen molar-refractivity contribution in [3.05, 3.63) is 45.1 Å². The fourth-order valence-corrected chi connectivity index (χ4v) is 6.37. The first-order chi connectivity index (χ1) is 13.5. The number of Topliss-reactive ketones (excluding diaryl/α,β-unsaturated/α-hetero) is 1. The van der Waals surface area contributed by atoms with Gasteiger partial charge in [0.25, 0.3) is 0 Å². The summed E-state index contributed by atoms with van der Waals surface area (Å²) in [6.45, 7) is 10.9. The first kappa shape index (κ1) is 19.4. The Bertz CT molecular complexity index is 984. The van der Waals surface area contributed by atoms with Gasteiger partial charge in [0.2, 0.25) is 0 Å². The van der Waals surface area contributed by atoms with Crippen LogP contribution in [0.5, 0.6) is 5.75 Å². The maximum atomic E-state index is 13.4. The Morgan fingerprint density at radius 3 is 2.59 bits per heavy atom. The average molecular weight is 457 g/mol. The van der Waals surface area contributed by atoms with Crippen molar-refractivity contribution in [2.24, 2.45) is 17.3 Å². The fraction of sp³-hybridized carbons (Fsp3) is 0.560. The van der Waals surface area contributed by atoms with E-state index >= 15 is 0 Å². The highest BCUT2D eigenvalue weighted by molar-refractivity contribution is 9.10. The summed E-state index contributed by atoms with van der Waals surface area (Å²) in [4.78, 5) is 13.4. The Morgan fingerprint density at radius 1 is 1.07 bits per heavy atom. The zero-order valence-electron chi connectivity index (χ0n) is 17.9. The number of halogens is 1. The molecular weight excluding hydrogens is 428 g/mol. The number of rotatable bonds is 0. The molecule has 1 saturated carbocycles. The van der Waals surface area contributed by atoms with Crippen LogP contribution >= 0.6 is 15.9 Å². The lowest BCUT2D eigenvalue weighted by Crippen LogP contribution is -2.55. The second kappa shape index (κ2) is 6.00. The highest BCUT2D eigenvalue weighted by Crippen LogP contribution is 2.59. The lowest BCUT2D eigenvalue weighted by atomic mass is 9.57. The average Bonchev–Trinajstić information content (AvgIpc) is 2.57. The van der Waals surface area contributed by atoms with Gasteiger partial charge in [-0.15, -0.1) is 0 Å². The van der Waals surface area contributed by atoms with Gasteiger partial charge in [-0.25, -0.2) is 0 Å². The molecule has 5 rings (SSSR count). The minimum atomic E-state index is -0.374. The molecule has 0 N–H and O–H groups in total. The maximum absolute atomic E-state index is 13.4. The second-order valence-electron chi connectivity index (χ2n) is 10.7. The SMILES string of the molecule is CC1(C)CC(=O)C2=C(C1)OC(C)(C)[C@@H]1CC[C@]3(C)Oc4ccc(Br)cc4C=C3[C@H]21. The summed E-state index contributed by atoms with van der Waals surface area (Å²) in [5.41, 5.74) is 2.54. The van der Waals surface area contributed by atoms with E-state index in [2.05, 4.69) is 62.7 Å². The third-order valence-electron chi connectivity index (χ3n) is 7.37. The molecule has 2 heterocycles. The Balaban J connectivity index is 1.72. The van der Waals surface area contributed by atoms with Gasteiger partial charge in [-0.3, -0.25) is 4.79 Å². The van der Waals surface area contributed by atoms with Crippen LogP contribution in [-0.2, 0) is 9.53 Å². The molecule has 0 spiro atoms. The van der Waals surface area contributed by atoms with Crippen molar-refractivity contribution in [3.63, 3.8) is 0 Å². The van der Waals surface area contributed by atoms with Crippen LogP contribution in [0, 0.1) is 17.3 Å². The third kappa shape index (κ3) is 2.93. The standard InChI is InChI=1S/C25H29BrO3/c1-23(2)12-18(27)22-20(13-23)28-24(3,4)16-8-9-25(5)17(21(16)22)11-14-10-15(26)6-7-19(14)29-25/h6-7,10-11,16,21H,8-9,12-13H2,1-5H3/t16-,21-,25+/m1/s1. The van der Waals surface area contributed by atoms with Gasteiger partial charge < -0.3 is 9.47 Å². The van der Waals surface area contributed by atoms with Crippen LogP contribution in [0.3, 0.4) is 0 Å². The second-order valence-corrected chi connectivity index (χ2v) is 11.6. The first-order valence-electron chi connectivity index (χ1n) is 10.7.